The summed E-state index contributed by atoms with van der Waals surface area (Å²) in [6, 6.07) is 3.30. The predicted octanol–water partition coefficient (Wildman–Crippen LogP) is 0.0180. The fourth-order valence-electron chi connectivity index (χ4n) is 1.12. The molecule has 0 fully saturated rings. The van der Waals surface area contributed by atoms with Crippen LogP contribution < -0.4 is 10.9 Å². The molecule has 1 atom stereocenters. The zero-order valence-electron chi connectivity index (χ0n) is 9.79. The number of esters is 1. The van der Waals surface area contributed by atoms with Crippen molar-refractivity contribution in [2.45, 2.75) is 17.9 Å². The summed E-state index contributed by atoms with van der Waals surface area (Å²) < 4.78 is 27.0. The minimum atomic E-state index is -3.98. The first-order chi connectivity index (χ1) is 8.62. The maximum absolute atomic E-state index is 11.7. The molecule has 1 rings (SSSR count). The van der Waals surface area contributed by atoms with Crippen molar-refractivity contribution in [1.29, 1.82) is 0 Å². The lowest BCUT2D eigenvalue weighted by molar-refractivity contribution is -0.125. The van der Waals surface area contributed by atoms with Crippen LogP contribution in [-0.4, -0.2) is 26.4 Å². The van der Waals surface area contributed by atoms with Crippen molar-refractivity contribution in [2.24, 2.45) is 10.9 Å². The Kier molecular flexibility index (Phi) is 4.51. The third kappa shape index (κ3) is 3.91. The summed E-state index contributed by atoms with van der Waals surface area (Å²) in [6.07, 6.45) is -1.17. The second kappa shape index (κ2) is 5.55. The van der Waals surface area contributed by atoms with Crippen LogP contribution in [0.1, 0.15) is 17.3 Å². The van der Waals surface area contributed by atoms with Gasteiger partial charge >= 0.3 is 5.97 Å². The molecule has 1 aromatic rings. The molecule has 19 heavy (non-hydrogen) atoms. The Balaban J connectivity index is 3.13. The van der Waals surface area contributed by atoms with Crippen molar-refractivity contribution < 1.29 is 22.7 Å². The van der Waals surface area contributed by atoms with Crippen LogP contribution in [0.15, 0.2) is 23.1 Å². The number of carbonyl (C=O) groups excluding carboxylic acids is 2. The Bertz CT molecular complexity index is 629. The Hall–Kier alpha value is -1.64. The van der Waals surface area contributed by atoms with E-state index >= 15 is 0 Å². The van der Waals surface area contributed by atoms with E-state index in [0.29, 0.717) is 0 Å². The number of ether oxygens (including phenoxy) is 1. The molecule has 104 valence electrons. The lowest BCUT2D eigenvalue weighted by atomic mass is 10.2. The number of hydrogen-bond donors (Lipinski definition) is 2. The van der Waals surface area contributed by atoms with Crippen molar-refractivity contribution >= 4 is 33.5 Å². The Morgan fingerprint density at radius 2 is 1.95 bits per heavy atom. The van der Waals surface area contributed by atoms with Gasteiger partial charge in [0.1, 0.15) is 0 Å². The molecule has 0 bridgehead atoms. The van der Waals surface area contributed by atoms with Crippen LogP contribution in [0.25, 0.3) is 0 Å². The third-order valence-electron chi connectivity index (χ3n) is 2.17. The van der Waals surface area contributed by atoms with Crippen LogP contribution >= 0.6 is 11.6 Å². The molecule has 0 saturated carbocycles. The SMILES string of the molecule is C[C@H](OC(=O)c1cc(S(N)(=O)=O)ccc1Cl)C(N)=O. The lowest BCUT2D eigenvalue weighted by Crippen LogP contribution is -2.30. The number of benzene rings is 1. The molecule has 1 amide bonds. The summed E-state index contributed by atoms with van der Waals surface area (Å²) >= 11 is 5.75. The van der Waals surface area contributed by atoms with E-state index in [1.165, 1.54) is 13.0 Å². The number of rotatable bonds is 4. The molecule has 1 aromatic carbocycles. The summed E-state index contributed by atoms with van der Waals surface area (Å²) in [4.78, 5) is 22.2. The molecule has 0 radical (unpaired) electrons. The number of sulfonamides is 1. The highest BCUT2D eigenvalue weighted by atomic mass is 35.5. The second-order valence-electron chi connectivity index (χ2n) is 3.64. The highest BCUT2D eigenvalue weighted by Crippen LogP contribution is 2.21. The highest BCUT2D eigenvalue weighted by molar-refractivity contribution is 7.89. The van der Waals surface area contributed by atoms with Gasteiger partial charge in [0, 0.05) is 0 Å². The van der Waals surface area contributed by atoms with E-state index in [0.717, 1.165) is 12.1 Å². The standard InChI is InChI=1S/C10H11ClN2O5S/c1-5(9(12)14)18-10(15)7-4-6(19(13,16)17)2-3-8(7)11/h2-5H,1H3,(H2,12,14)(H2,13,16,17)/t5-/m0/s1. The molecule has 0 aliphatic heterocycles. The van der Waals surface area contributed by atoms with Crippen LogP contribution in [0.4, 0.5) is 0 Å². The second-order valence-corrected chi connectivity index (χ2v) is 5.61. The van der Waals surface area contributed by atoms with Gasteiger partial charge in [0.15, 0.2) is 6.10 Å². The topological polar surface area (TPSA) is 130 Å². The van der Waals surface area contributed by atoms with E-state index in [1.807, 2.05) is 0 Å². The van der Waals surface area contributed by atoms with Gasteiger partial charge in [-0.25, -0.2) is 18.4 Å². The molecule has 0 aliphatic carbocycles. The van der Waals surface area contributed by atoms with Crippen molar-refractivity contribution in [3.8, 4) is 0 Å². The van der Waals surface area contributed by atoms with Crippen molar-refractivity contribution in [3.63, 3.8) is 0 Å². The van der Waals surface area contributed by atoms with Crippen molar-refractivity contribution in [2.75, 3.05) is 0 Å². The van der Waals surface area contributed by atoms with Crippen LogP contribution in [0.3, 0.4) is 0 Å². The molecule has 0 saturated heterocycles. The summed E-state index contributed by atoms with van der Waals surface area (Å²) in [5, 5.41) is 4.89. The normalized spacial score (nSPS) is 12.8. The number of hydrogen-bond acceptors (Lipinski definition) is 5. The van der Waals surface area contributed by atoms with Gasteiger partial charge in [-0.3, -0.25) is 4.79 Å². The summed E-state index contributed by atoms with van der Waals surface area (Å²) in [6.45, 7) is 1.28. The quantitative estimate of drug-likeness (QED) is 0.757. The monoisotopic (exact) mass is 306 g/mol. The summed E-state index contributed by atoms with van der Waals surface area (Å²) in [5.41, 5.74) is 4.71. The van der Waals surface area contributed by atoms with E-state index in [9.17, 15) is 18.0 Å². The first-order valence-corrected chi connectivity index (χ1v) is 6.88. The summed E-state index contributed by atoms with van der Waals surface area (Å²) in [5.74, 6) is -1.81. The highest BCUT2D eigenvalue weighted by Gasteiger charge is 2.20. The Morgan fingerprint density at radius 1 is 1.37 bits per heavy atom. The molecule has 0 spiro atoms. The fraction of sp³-hybridized carbons (Fsp3) is 0.200. The van der Waals surface area contributed by atoms with E-state index in [-0.39, 0.29) is 15.5 Å². The smallest absolute Gasteiger partial charge is 0.340 e. The number of carbonyl (C=O) groups is 2. The summed E-state index contributed by atoms with van der Waals surface area (Å²) in [7, 11) is -3.98. The number of primary amides is 1. The molecule has 4 N–H and O–H groups in total. The average molecular weight is 307 g/mol. The van der Waals surface area contributed by atoms with Gasteiger partial charge in [0.25, 0.3) is 5.91 Å². The van der Waals surface area contributed by atoms with Crippen molar-refractivity contribution in [3.05, 3.63) is 28.8 Å². The molecule has 0 heterocycles. The number of halogens is 1. The van der Waals surface area contributed by atoms with Crippen LogP contribution in [0.5, 0.6) is 0 Å². The van der Waals surface area contributed by atoms with Crippen molar-refractivity contribution in [1.82, 2.24) is 0 Å². The maximum atomic E-state index is 11.7. The van der Waals surface area contributed by atoms with Gasteiger partial charge in [0.2, 0.25) is 10.0 Å². The minimum absolute atomic E-state index is 0.0333. The third-order valence-corrected chi connectivity index (χ3v) is 3.41. The zero-order chi connectivity index (χ0) is 14.8. The number of amides is 1. The van der Waals surface area contributed by atoms with Gasteiger partial charge in [-0.1, -0.05) is 11.6 Å². The van der Waals surface area contributed by atoms with Crippen LogP contribution in [0, 0.1) is 0 Å². The molecule has 7 nitrogen and oxygen atoms in total. The van der Waals surface area contributed by atoms with Gasteiger partial charge in [0.05, 0.1) is 15.5 Å². The predicted molar refractivity (Wildman–Crippen MR) is 66.9 cm³/mol. The van der Waals surface area contributed by atoms with Crippen LogP contribution in [-0.2, 0) is 19.6 Å². The molecule has 0 aliphatic rings. The average Bonchev–Trinajstić information content (AvgIpc) is 2.27. The molecule has 0 aromatic heterocycles. The van der Waals surface area contributed by atoms with E-state index < -0.39 is 28.0 Å². The van der Waals surface area contributed by atoms with Gasteiger partial charge < -0.3 is 10.5 Å². The molecular weight excluding hydrogens is 296 g/mol. The maximum Gasteiger partial charge on any atom is 0.340 e. The Morgan fingerprint density at radius 3 is 2.42 bits per heavy atom. The lowest BCUT2D eigenvalue weighted by Gasteiger charge is -2.11. The van der Waals surface area contributed by atoms with E-state index in [1.54, 1.807) is 0 Å². The van der Waals surface area contributed by atoms with Gasteiger partial charge in [-0.05, 0) is 25.1 Å². The minimum Gasteiger partial charge on any atom is -0.449 e. The molecule has 0 unspecified atom stereocenters. The number of primary sulfonamides is 1. The molecule has 9 heteroatoms. The molecular formula is C10H11ClN2O5S. The first kappa shape index (κ1) is 15.4. The van der Waals surface area contributed by atoms with E-state index in [4.69, 9.17) is 27.2 Å². The van der Waals surface area contributed by atoms with Gasteiger partial charge in [-0.2, -0.15) is 0 Å². The zero-order valence-corrected chi connectivity index (χ0v) is 11.4. The van der Waals surface area contributed by atoms with Gasteiger partial charge in [-0.15, -0.1) is 0 Å². The first-order valence-electron chi connectivity index (χ1n) is 4.95. The Labute approximate surface area is 114 Å². The fourth-order valence-corrected chi connectivity index (χ4v) is 1.85. The van der Waals surface area contributed by atoms with E-state index in [2.05, 4.69) is 0 Å². The largest absolute Gasteiger partial charge is 0.449 e. The number of nitrogens with two attached hydrogens (primary N) is 2. The van der Waals surface area contributed by atoms with Crippen LogP contribution in [0.2, 0.25) is 5.02 Å².